The molecular weight excluding hydrogens is 348 g/mol. The van der Waals surface area contributed by atoms with Crippen LogP contribution in [0.4, 0.5) is 4.79 Å². The molecule has 8 heteroatoms. The number of carbonyl (C=O) groups is 3. The van der Waals surface area contributed by atoms with Crippen molar-refractivity contribution in [1.82, 2.24) is 20.9 Å². The first kappa shape index (κ1) is 18.0. The van der Waals surface area contributed by atoms with E-state index in [4.69, 9.17) is 4.74 Å². The van der Waals surface area contributed by atoms with Crippen LogP contribution in [-0.4, -0.2) is 61.1 Å². The molecule has 0 aromatic carbocycles. The average molecular weight is 374 g/mol. The molecule has 0 spiro atoms. The monoisotopic (exact) mass is 374 g/mol. The van der Waals surface area contributed by atoms with Gasteiger partial charge in [-0.05, 0) is 30.9 Å². The van der Waals surface area contributed by atoms with E-state index in [1.807, 2.05) is 6.08 Å². The van der Waals surface area contributed by atoms with Gasteiger partial charge in [-0.25, -0.2) is 4.79 Å². The summed E-state index contributed by atoms with van der Waals surface area (Å²) in [5.41, 5.74) is 0.615. The van der Waals surface area contributed by atoms with E-state index in [0.717, 1.165) is 29.7 Å². The highest BCUT2D eigenvalue weighted by atomic mass is 16.5. The van der Waals surface area contributed by atoms with Crippen LogP contribution in [0.15, 0.2) is 23.0 Å². The molecule has 0 aromatic heterocycles. The van der Waals surface area contributed by atoms with Crippen LogP contribution in [0.1, 0.15) is 38.5 Å². The number of ether oxygens (including phenoxy) is 1. The third kappa shape index (κ3) is 3.34. The van der Waals surface area contributed by atoms with Crippen LogP contribution in [0.3, 0.4) is 0 Å². The quantitative estimate of drug-likeness (QED) is 0.590. The smallest absolute Gasteiger partial charge is 0.322 e. The predicted octanol–water partition coefficient (Wildman–Crippen LogP) is 0.560. The van der Waals surface area contributed by atoms with Crippen molar-refractivity contribution in [3.8, 4) is 0 Å². The molecule has 8 nitrogen and oxygen atoms in total. The molecule has 1 saturated carbocycles. The van der Waals surface area contributed by atoms with Crippen LogP contribution in [0.25, 0.3) is 0 Å². The zero-order chi connectivity index (χ0) is 19.0. The van der Waals surface area contributed by atoms with Gasteiger partial charge in [0.25, 0.3) is 11.8 Å². The average Bonchev–Trinajstić information content (AvgIpc) is 3.34. The number of urea groups is 1. The van der Waals surface area contributed by atoms with Crippen LogP contribution >= 0.6 is 0 Å². The Balaban J connectivity index is 1.49. The summed E-state index contributed by atoms with van der Waals surface area (Å²) >= 11 is 0. The molecule has 1 saturated heterocycles. The number of hydrogen-bond acceptors (Lipinski definition) is 5. The zero-order valence-corrected chi connectivity index (χ0v) is 15.6. The van der Waals surface area contributed by atoms with Gasteiger partial charge in [0.15, 0.2) is 5.54 Å². The Hall–Kier alpha value is -2.35. The summed E-state index contributed by atoms with van der Waals surface area (Å²) in [6.45, 7) is 0.921. The zero-order valence-electron chi connectivity index (χ0n) is 15.6. The maximum atomic E-state index is 12.8. The van der Waals surface area contributed by atoms with Crippen molar-refractivity contribution in [2.24, 2.45) is 0 Å². The molecular formula is C19H26N4O4. The summed E-state index contributed by atoms with van der Waals surface area (Å²) in [4.78, 5) is 39.0. The molecule has 4 aliphatic rings. The molecule has 4 amide bonds. The Morgan fingerprint density at radius 1 is 1.26 bits per heavy atom. The Labute approximate surface area is 158 Å². The Morgan fingerprint density at radius 2 is 2.04 bits per heavy atom. The van der Waals surface area contributed by atoms with Crippen molar-refractivity contribution in [1.29, 1.82) is 0 Å². The second-order valence-electron chi connectivity index (χ2n) is 7.83. The summed E-state index contributed by atoms with van der Waals surface area (Å²) in [5.74, 6) is 0.447. The van der Waals surface area contributed by atoms with Gasteiger partial charge in [-0.2, -0.15) is 0 Å². The predicted molar refractivity (Wildman–Crippen MR) is 97.6 cm³/mol. The van der Waals surface area contributed by atoms with Crippen molar-refractivity contribution < 1.29 is 19.1 Å². The van der Waals surface area contributed by atoms with Crippen LogP contribution in [0, 0.1) is 0 Å². The number of methoxy groups -OCH3 is 1. The lowest BCUT2D eigenvalue weighted by molar-refractivity contribution is -0.129. The molecule has 2 aliphatic heterocycles. The second-order valence-corrected chi connectivity index (χ2v) is 7.83. The van der Waals surface area contributed by atoms with Crippen LogP contribution in [-0.2, 0) is 14.3 Å². The first-order valence-corrected chi connectivity index (χ1v) is 9.63. The summed E-state index contributed by atoms with van der Waals surface area (Å²) in [6, 6.07) is -0.140. The minimum atomic E-state index is -1.13. The number of imide groups is 1. The standard InChI is InChI=1S/C19H26N4O4/c1-27-14-6-7-15-12(8-14)9-23(16(15)24)11-19(17(25)21-18(26)22-19)10-20-13-4-2-3-5-13/h8,13,20H,2-7,9-11H2,1H3,(H2,21,22,25,26). The maximum absolute atomic E-state index is 12.8. The van der Waals surface area contributed by atoms with Crippen molar-refractivity contribution in [3.05, 3.63) is 23.0 Å². The van der Waals surface area contributed by atoms with E-state index < -0.39 is 11.6 Å². The molecule has 146 valence electrons. The Morgan fingerprint density at radius 3 is 2.70 bits per heavy atom. The third-order valence-corrected chi connectivity index (χ3v) is 6.04. The number of carbonyl (C=O) groups excluding carboxylic acids is 3. The van der Waals surface area contributed by atoms with Crippen LogP contribution < -0.4 is 16.0 Å². The minimum Gasteiger partial charge on any atom is -0.501 e. The number of nitrogens with zero attached hydrogens (tertiary/aromatic N) is 1. The lowest BCUT2D eigenvalue weighted by Crippen LogP contribution is -2.62. The highest BCUT2D eigenvalue weighted by molar-refractivity contribution is 6.08. The van der Waals surface area contributed by atoms with E-state index in [1.165, 1.54) is 12.8 Å². The number of hydrogen-bond donors (Lipinski definition) is 3. The fraction of sp³-hybridized carbons (Fsp3) is 0.632. The molecule has 2 heterocycles. The lowest BCUT2D eigenvalue weighted by Gasteiger charge is -2.32. The SMILES string of the molecule is COC1=CC2=C(CC1)C(=O)N(CC1(CNC3CCCC3)NC(=O)NC1=O)C2. The van der Waals surface area contributed by atoms with Gasteiger partial charge in [0, 0.05) is 31.1 Å². The van der Waals surface area contributed by atoms with Gasteiger partial charge in [-0.3, -0.25) is 14.9 Å². The lowest BCUT2D eigenvalue weighted by atomic mass is 9.98. The summed E-state index contributed by atoms with van der Waals surface area (Å²) in [5, 5.41) is 8.54. The largest absolute Gasteiger partial charge is 0.501 e. The topological polar surface area (TPSA) is 99.8 Å². The molecule has 27 heavy (non-hydrogen) atoms. The van der Waals surface area contributed by atoms with Gasteiger partial charge in [-0.1, -0.05) is 12.8 Å². The van der Waals surface area contributed by atoms with Crippen LogP contribution in [0.2, 0.25) is 0 Å². The van der Waals surface area contributed by atoms with Gasteiger partial charge in [-0.15, -0.1) is 0 Å². The van der Waals surface area contributed by atoms with E-state index in [0.29, 0.717) is 32.0 Å². The van der Waals surface area contributed by atoms with Crippen molar-refractivity contribution in [2.75, 3.05) is 26.7 Å². The second kappa shape index (κ2) is 6.99. The summed E-state index contributed by atoms with van der Waals surface area (Å²) in [7, 11) is 1.63. The summed E-state index contributed by atoms with van der Waals surface area (Å²) in [6.07, 6.45) is 7.80. The van der Waals surface area contributed by atoms with Crippen LogP contribution in [0.5, 0.6) is 0 Å². The highest BCUT2D eigenvalue weighted by Crippen LogP contribution is 2.32. The molecule has 0 bridgehead atoms. The molecule has 0 radical (unpaired) electrons. The minimum absolute atomic E-state index is 0.0504. The molecule has 1 unspecified atom stereocenters. The number of nitrogens with one attached hydrogen (secondary N) is 3. The van der Waals surface area contributed by atoms with E-state index in [-0.39, 0.29) is 18.4 Å². The number of amides is 4. The van der Waals surface area contributed by atoms with Crippen molar-refractivity contribution >= 4 is 17.8 Å². The number of allylic oxidation sites excluding steroid dienone is 1. The maximum Gasteiger partial charge on any atom is 0.322 e. The van der Waals surface area contributed by atoms with E-state index >= 15 is 0 Å². The third-order valence-electron chi connectivity index (χ3n) is 6.04. The number of rotatable bonds is 6. The Kier molecular flexibility index (Phi) is 4.67. The van der Waals surface area contributed by atoms with Gasteiger partial charge in [0.05, 0.1) is 19.4 Å². The Bertz CT molecular complexity index is 738. The molecule has 0 aromatic rings. The summed E-state index contributed by atoms with van der Waals surface area (Å²) < 4.78 is 5.32. The van der Waals surface area contributed by atoms with Gasteiger partial charge < -0.3 is 20.3 Å². The molecule has 2 fully saturated rings. The van der Waals surface area contributed by atoms with Gasteiger partial charge >= 0.3 is 6.03 Å². The van der Waals surface area contributed by atoms with Gasteiger partial charge in [0.2, 0.25) is 0 Å². The molecule has 2 aliphatic carbocycles. The normalized spacial score (nSPS) is 28.4. The fourth-order valence-electron chi connectivity index (χ4n) is 4.50. The van der Waals surface area contributed by atoms with Crippen molar-refractivity contribution in [2.45, 2.75) is 50.1 Å². The molecule has 3 N–H and O–H groups in total. The van der Waals surface area contributed by atoms with Gasteiger partial charge in [0.1, 0.15) is 0 Å². The highest BCUT2D eigenvalue weighted by Gasteiger charge is 2.49. The van der Waals surface area contributed by atoms with E-state index in [1.54, 1.807) is 12.0 Å². The van der Waals surface area contributed by atoms with E-state index in [9.17, 15) is 14.4 Å². The first-order chi connectivity index (χ1) is 13.0. The molecule has 4 rings (SSSR count). The fourth-order valence-corrected chi connectivity index (χ4v) is 4.50. The molecule has 1 atom stereocenters. The first-order valence-electron chi connectivity index (χ1n) is 9.63. The van der Waals surface area contributed by atoms with E-state index in [2.05, 4.69) is 16.0 Å². The van der Waals surface area contributed by atoms with Crippen molar-refractivity contribution in [3.63, 3.8) is 0 Å².